The minimum atomic E-state index is -3.84. The molecular weight excluding hydrogens is 470 g/mol. The Bertz CT molecular complexity index is 1170. The van der Waals surface area contributed by atoms with Crippen LogP contribution in [-0.4, -0.2) is 33.0 Å². The van der Waals surface area contributed by atoms with Crippen LogP contribution in [0.1, 0.15) is 5.56 Å². The summed E-state index contributed by atoms with van der Waals surface area (Å²) in [7, 11) is -2.33. The molecule has 0 atom stereocenters. The summed E-state index contributed by atoms with van der Waals surface area (Å²) in [6, 6.07) is 13.0. The molecule has 0 unspecified atom stereocenters. The lowest BCUT2D eigenvalue weighted by atomic mass is 10.2. The van der Waals surface area contributed by atoms with Gasteiger partial charge in [0.2, 0.25) is 15.7 Å². The number of nitrogens with one attached hydrogen (secondary N) is 2. The zero-order valence-electron chi connectivity index (χ0n) is 16.3. The summed E-state index contributed by atoms with van der Waals surface area (Å²) in [5, 5.41) is 5.63. The molecule has 0 saturated heterocycles. The van der Waals surface area contributed by atoms with Gasteiger partial charge in [-0.15, -0.1) is 0 Å². The lowest BCUT2D eigenvalue weighted by molar-refractivity contribution is -0.114. The van der Waals surface area contributed by atoms with E-state index >= 15 is 0 Å². The molecule has 0 spiro atoms. The summed E-state index contributed by atoms with van der Waals surface area (Å²) in [4.78, 5) is 16.4. The zero-order valence-corrected chi connectivity index (χ0v) is 18.7. The molecule has 7 nitrogen and oxygen atoms in total. The Kier molecular flexibility index (Phi) is 6.73. The van der Waals surface area contributed by atoms with Crippen molar-refractivity contribution in [3.63, 3.8) is 0 Å². The molecule has 9 heteroatoms. The molecule has 2 aromatic carbocycles. The van der Waals surface area contributed by atoms with Gasteiger partial charge in [0.05, 0.1) is 45.5 Å². The molecular formula is C21H20BrN3O4S. The lowest BCUT2D eigenvalue weighted by Crippen LogP contribution is -2.22. The van der Waals surface area contributed by atoms with Crippen molar-refractivity contribution in [2.45, 2.75) is 16.7 Å². The number of halogens is 1. The molecule has 30 heavy (non-hydrogen) atoms. The molecule has 1 amide bonds. The van der Waals surface area contributed by atoms with Gasteiger partial charge in [-0.05, 0) is 70.9 Å². The van der Waals surface area contributed by atoms with Crippen molar-refractivity contribution in [1.29, 1.82) is 0 Å². The van der Waals surface area contributed by atoms with Gasteiger partial charge in [-0.3, -0.25) is 9.78 Å². The van der Waals surface area contributed by atoms with E-state index in [1.165, 1.54) is 25.4 Å². The van der Waals surface area contributed by atoms with Gasteiger partial charge in [0, 0.05) is 6.20 Å². The van der Waals surface area contributed by atoms with Crippen LogP contribution in [0.15, 0.2) is 75.2 Å². The highest BCUT2D eigenvalue weighted by Crippen LogP contribution is 2.33. The van der Waals surface area contributed by atoms with E-state index in [-0.39, 0.29) is 22.2 Å². The van der Waals surface area contributed by atoms with Gasteiger partial charge in [-0.25, -0.2) is 8.42 Å². The van der Waals surface area contributed by atoms with Gasteiger partial charge in [0.25, 0.3) is 0 Å². The second-order valence-electron chi connectivity index (χ2n) is 6.44. The quantitative estimate of drug-likeness (QED) is 0.519. The number of hydrogen-bond acceptors (Lipinski definition) is 6. The van der Waals surface area contributed by atoms with Gasteiger partial charge >= 0.3 is 0 Å². The molecule has 0 aliphatic carbocycles. The zero-order chi connectivity index (χ0) is 21.7. The number of carbonyl (C=O) groups is 1. The third kappa shape index (κ3) is 4.98. The number of amides is 1. The van der Waals surface area contributed by atoms with Gasteiger partial charge < -0.3 is 15.4 Å². The third-order valence-electron chi connectivity index (χ3n) is 4.24. The van der Waals surface area contributed by atoms with E-state index in [2.05, 4.69) is 31.5 Å². The third-order valence-corrected chi connectivity index (χ3v) is 6.66. The van der Waals surface area contributed by atoms with Gasteiger partial charge in [0.1, 0.15) is 5.75 Å². The summed E-state index contributed by atoms with van der Waals surface area (Å²) in [6.45, 7) is 1.70. The first-order chi connectivity index (χ1) is 14.3. The van der Waals surface area contributed by atoms with Gasteiger partial charge in [0.15, 0.2) is 0 Å². The molecule has 3 aromatic rings. The highest BCUT2D eigenvalue weighted by atomic mass is 79.9. The van der Waals surface area contributed by atoms with Crippen molar-refractivity contribution in [3.8, 4) is 5.75 Å². The number of nitrogens with zero attached hydrogens (tertiary/aromatic N) is 1. The maximum absolute atomic E-state index is 13.3. The Morgan fingerprint density at radius 2 is 1.97 bits per heavy atom. The Balaban J connectivity index is 1.86. The fourth-order valence-corrected chi connectivity index (χ4v) is 4.99. The fourth-order valence-electron chi connectivity index (χ4n) is 2.76. The monoisotopic (exact) mass is 489 g/mol. The molecule has 1 aromatic heterocycles. The van der Waals surface area contributed by atoms with E-state index in [0.717, 1.165) is 5.56 Å². The number of hydrogen-bond donors (Lipinski definition) is 2. The Morgan fingerprint density at radius 3 is 2.63 bits per heavy atom. The van der Waals surface area contributed by atoms with E-state index in [1.807, 2.05) is 6.92 Å². The lowest BCUT2D eigenvalue weighted by Gasteiger charge is -2.14. The average molecular weight is 490 g/mol. The van der Waals surface area contributed by atoms with Crippen LogP contribution in [0.5, 0.6) is 5.75 Å². The van der Waals surface area contributed by atoms with Crippen LogP contribution in [0.4, 0.5) is 11.4 Å². The first kappa shape index (κ1) is 21.8. The van der Waals surface area contributed by atoms with Crippen LogP contribution in [0, 0.1) is 6.92 Å². The summed E-state index contributed by atoms with van der Waals surface area (Å²) in [5.74, 6) is 0.211. The molecule has 0 saturated carbocycles. The number of carbonyl (C=O) groups excluding carboxylic acids is 1. The molecule has 0 aliphatic rings. The molecule has 0 aliphatic heterocycles. The normalized spacial score (nSPS) is 11.0. The van der Waals surface area contributed by atoms with E-state index in [9.17, 15) is 13.2 Å². The number of sulfone groups is 1. The number of rotatable bonds is 7. The average Bonchev–Trinajstić information content (AvgIpc) is 2.73. The summed E-state index contributed by atoms with van der Waals surface area (Å²) >= 11 is 3.32. The highest BCUT2D eigenvalue weighted by Gasteiger charge is 2.23. The minimum absolute atomic E-state index is 0.0914. The predicted octanol–water partition coefficient (Wildman–Crippen LogP) is 4.04. The van der Waals surface area contributed by atoms with E-state index < -0.39 is 9.84 Å². The van der Waals surface area contributed by atoms with Crippen molar-refractivity contribution in [3.05, 3.63) is 71.0 Å². The molecule has 0 bridgehead atoms. The van der Waals surface area contributed by atoms with Crippen molar-refractivity contribution >= 4 is 43.0 Å². The molecule has 156 valence electrons. The van der Waals surface area contributed by atoms with Gasteiger partial charge in [-0.1, -0.05) is 6.07 Å². The van der Waals surface area contributed by atoms with Crippen LogP contribution in [0.25, 0.3) is 0 Å². The van der Waals surface area contributed by atoms with Crippen molar-refractivity contribution < 1.29 is 17.9 Å². The fraction of sp³-hybridized carbons (Fsp3) is 0.143. The van der Waals surface area contributed by atoms with Gasteiger partial charge in [-0.2, -0.15) is 0 Å². The first-order valence-corrected chi connectivity index (χ1v) is 11.2. The number of pyridine rings is 1. The van der Waals surface area contributed by atoms with E-state index in [0.29, 0.717) is 21.6 Å². The number of anilines is 2. The van der Waals surface area contributed by atoms with Crippen molar-refractivity contribution in [1.82, 2.24) is 4.98 Å². The predicted molar refractivity (Wildman–Crippen MR) is 119 cm³/mol. The summed E-state index contributed by atoms with van der Waals surface area (Å²) in [6.07, 6.45) is 3.13. The topological polar surface area (TPSA) is 97.4 Å². The van der Waals surface area contributed by atoms with E-state index in [1.54, 1.807) is 42.6 Å². The maximum Gasteiger partial charge on any atom is 0.243 e. The SMILES string of the molecule is COc1ccc(S(=O)(=O)c2cc(C)ccc2NCC(=O)Nc2cccnc2)cc1Br. The van der Waals surface area contributed by atoms with Crippen LogP contribution >= 0.6 is 15.9 Å². The van der Waals surface area contributed by atoms with Crippen LogP contribution in [0.3, 0.4) is 0 Å². The minimum Gasteiger partial charge on any atom is -0.496 e. The second-order valence-corrected chi connectivity index (χ2v) is 9.22. The Hall–Kier alpha value is -2.91. The number of methoxy groups -OCH3 is 1. The first-order valence-electron chi connectivity index (χ1n) is 8.94. The largest absolute Gasteiger partial charge is 0.496 e. The summed E-state index contributed by atoms with van der Waals surface area (Å²) < 4.78 is 32.3. The standard InChI is InChI=1S/C21H20BrN3O4S/c1-14-5-7-18(24-13-21(26)25-15-4-3-9-23-12-15)20(10-14)30(27,28)16-6-8-19(29-2)17(22)11-16/h3-12,24H,13H2,1-2H3,(H,25,26). The number of ether oxygens (including phenoxy) is 1. The van der Waals surface area contributed by atoms with Crippen molar-refractivity contribution in [2.75, 3.05) is 24.3 Å². The molecule has 0 radical (unpaired) electrons. The van der Waals surface area contributed by atoms with Crippen LogP contribution in [0.2, 0.25) is 0 Å². The van der Waals surface area contributed by atoms with Crippen molar-refractivity contribution in [2.24, 2.45) is 0 Å². The smallest absolute Gasteiger partial charge is 0.243 e. The molecule has 2 N–H and O–H groups in total. The highest BCUT2D eigenvalue weighted by molar-refractivity contribution is 9.10. The number of benzene rings is 2. The Morgan fingerprint density at radius 1 is 1.17 bits per heavy atom. The molecule has 0 fully saturated rings. The second kappa shape index (κ2) is 9.27. The van der Waals surface area contributed by atoms with Crippen LogP contribution < -0.4 is 15.4 Å². The maximum atomic E-state index is 13.3. The molecule has 1 heterocycles. The Labute approximate surface area is 183 Å². The number of aryl methyl sites for hydroxylation is 1. The van der Waals surface area contributed by atoms with Crippen LogP contribution in [-0.2, 0) is 14.6 Å². The van der Waals surface area contributed by atoms with E-state index in [4.69, 9.17) is 4.74 Å². The molecule has 3 rings (SSSR count). The summed E-state index contributed by atoms with van der Waals surface area (Å²) in [5.41, 5.74) is 1.68. The number of aromatic nitrogens is 1.